The largest absolute Gasteiger partial charge is 0.444 e. The average Bonchev–Trinajstić information content (AvgIpc) is 3.06. The first-order valence-corrected chi connectivity index (χ1v) is 9.20. The minimum absolute atomic E-state index is 0.136. The molecule has 1 aromatic carbocycles. The zero-order valence-corrected chi connectivity index (χ0v) is 15.1. The van der Waals surface area contributed by atoms with E-state index in [0.29, 0.717) is 12.0 Å². The van der Waals surface area contributed by atoms with Gasteiger partial charge in [0.25, 0.3) is 0 Å². The molecule has 0 radical (unpaired) electrons. The molecule has 2 aliphatic rings. The predicted octanol–water partition coefficient (Wildman–Crippen LogP) is 3.95. The summed E-state index contributed by atoms with van der Waals surface area (Å²) in [5, 5.41) is 3.53. The SMILES string of the molecule is CC(C)(C)OC(=O)N1[C@H](CNCc2ccccc2)C[C@@H]2CCC[C@@H]21. The number of likely N-dealkylation sites (tertiary alicyclic amines) is 1. The van der Waals surface area contributed by atoms with Gasteiger partial charge in [-0.2, -0.15) is 0 Å². The molecule has 0 bridgehead atoms. The molecule has 2 fully saturated rings. The number of nitrogens with one attached hydrogen (secondary N) is 1. The van der Waals surface area contributed by atoms with Crippen molar-refractivity contribution in [3.8, 4) is 0 Å². The number of carbonyl (C=O) groups excluding carboxylic acids is 1. The number of hydrogen-bond acceptors (Lipinski definition) is 3. The van der Waals surface area contributed by atoms with Gasteiger partial charge in [-0.05, 0) is 51.5 Å². The van der Waals surface area contributed by atoms with E-state index in [1.807, 2.05) is 31.7 Å². The van der Waals surface area contributed by atoms with E-state index in [1.165, 1.54) is 18.4 Å². The molecule has 0 unspecified atom stereocenters. The molecule has 1 N–H and O–H groups in total. The van der Waals surface area contributed by atoms with E-state index >= 15 is 0 Å². The van der Waals surface area contributed by atoms with Crippen molar-refractivity contribution in [3.05, 3.63) is 35.9 Å². The molecule has 1 aliphatic heterocycles. The molecular weight excluding hydrogens is 300 g/mol. The van der Waals surface area contributed by atoms with Gasteiger partial charge in [-0.25, -0.2) is 4.79 Å². The van der Waals surface area contributed by atoms with Gasteiger partial charge in [0.1, 0.15) is 5.60 Å². The van der Waals surface area contributed by atoms with Crippen LogP contribution in [-0.2, 0) is 11.3 Å². The maximum Gasteiger partial charge on any atom is 0.410 e. The first-order valence-electron chi connectivity index (χ1n) is 9.20. The maximum absolute atomic E-state index is 12.7. The lowest BCUT2D eigenvalue weighted by molar-refractivity contribution is 0.0139. The highest BCUT2D eigenvalue weighted by molar-refractivity contribution is 5.69. The first-order chi connectivity index (χ1) is 11.4. The highest BCUT2D eigenvalue weighted by Crippen LogP contribution is 2.41. The molecule has 1 saturated carbocycles. The Bertz CT molecular complexity index is 553. The van der Waals surface area contributed by atoms with Gasteiger partial charge in [-0.15, -0.1) is 0 Å². The Hall–Kier alpha value is -1.55. The summed E-state index contributed by atoms with van der Waals surface area (Å²) in [6.07, 6.45) is 4.58. The minimum Gasteiger partial charge on any atom is -0.444 e. The van der Waals surface area contributed by atoms with Crippen molar-refractivity contribution in [1.29, 1.82) is 0 Å². The summed E-state index contributed by atoms with van der Waals surface area (Å²) in [4.78, 5) is 14.8. The van der Waals surface area contributed by atoms with Gasteiger partial charge < -0.3 is 15.0 Å². The highest BCUT2D eigenvalue weighted by atomic mass is 16.6. The third kappa shape index (κ3) is 4.10. The van der Waals surface area contributed by atoms with E-state index in [1.54, 1.807) is 0 Å². The quantitative estimate of drug-likeness (QED) is 0.909. The van der Waals surface area contributed by atoms with Crippen LogP contribution in [0.25, 0.3) is 0 Å². The van der Waals surface area contributed by atoms with Gasteiger partial charge >= 0.3 is 6.09 Å². The van der Waals surface area contributed by atoms with Gasteiger partial charge in [0.05, 0.1) is 0 Å². The summed E-state index contributed by atoms with van der Waals surface area (Å²) in [6.45, 7) is 7.50. The van der Waals surface area contributed by atoms with E-state index in [-0.39, 0.29) is 12.1 Å². The molecule has 3 atom stereocenters. The minimum atomic E-state index is -0.435. The smallest absolute Gasteiger partial charge is 0.410 e. The Morgan fingerprint density at radius 3 is 2.71 bits per heavy atom. The molecule has 1 amide bonds. The Kier molecular flexibility index (Phi) is 5.14. The van der Waals surface area contributed by atoms with Gasteiger partial charge in [-0.3, -0.25) is 0 Å². The van der Waals surface area contributed by atoms with Crippen LogP contribution in [0.4, 0.5) is 4.79 Å². The van der Waals surface area contributed by atoms with Crippen molar-refractivity contribution < 1.29 is 9.53 Å². The van der Waals surface area contributed by atoms with Crippen LogP contribution < -0.4 is 5.32 Å². The fourth-order valence-electron chi connectivity index (χ4n) is 4.15. The molecule has 4 nitrogen and oxygen atoms in total. The van der Waals surface area contributed by atoms with Crippen molar-refractivity contribution >= 4 is 6.09 Å². The van der Waals surface area contributed by atoms with Gasteiger partial charge in [0, 0.05) is 25.2 Å². The number of rotatable bonds is 4. The molecule has 132 valence electrons. The third-order valence-corrected chi connectivity index (χ3v) is 5.10. The van der Waals surface area contributed by atoms with Crippen LogP contribution in [-0.4, -0.2) is 35.2 Å². The topological polar surface area (TPSA) is 41.6 Å². The summed E-state index contributed by atoms with van der Waals surface area (Å²) < 4.78 is 5.68. The van der Waals surface area contributed by atoms with Crippen LogP contribution in [0.2, 0.25) is 0 Å². The molecule has 1 aromatic rings. The van der Waals surface area contributed by atoms with Crippen LogP contribution >= 0.6 is 0 Å². The summed E-state index contributed by atoms with van der Waals surface area (Å²) in [7, 11) is 0. The van der Waals surface area contributed by atoms with E-state index in [2.05, 4.69) is 29.6 Å². The second-order valence-corrected chi connectivity index (χ2v) is 8.15. The fourth-order valence-corrected chi connectivity index (χ4v) is 4.15. The van der Waals surface area contributed by atoms with Crippen LogP contribution in [0, 0.1) is 5.92 Å². The molecular formula is C20H30N2O2. The summed E-state index contributed by atoms with van der Waals surface area (Å²) >= 11 is 0. The van der Waals surface area contributed by atoms with Crippen molar-refractivity contribution in [2.75, 3.05) is 6.54 Å². The number of ether oxygens (including phenoxy) is 1. The zero-order valence-electron chi connectivity index (χ0n) is 15.1. The maximum atomic E-state index is 12.7. The number of benzene rings is 1. The lowest BCUT2D eigenvalue weighted by atomic mass is 10.0. The molecule has 0 spiro atoms. The Morgan fingerprint density at radius 2 is 2.00 bits per heavy atom. The second-order valence-electron chi connectivity index (χ2n) is 8.15. The van der Waals surface area contributed by atoms with E-state index in [9.17, 15) is 4.79 Å². The van der Waals surface area contributed by atoms with E-state index in [4.69, 9.17) is 4.74 Å². The number of fused-ring (bicyclic) bond motifs is 1. The average molecular weight is 330 g/mol. The van der Waals surface area contributed by atoms with Gasteiger partial charge in [0.15, 0.2) is 0 Å². The molecule has 1 heterocycles. The number of nitrogens with zero attached hydrogens (tertiary/aromatic N) is 1. The second kappa shape index (κ2) is 7.14. The normalized spacial score (nSPS) is 26.5. The zero-order chi connectivity index (χ0) is 17.2. The number of hydrogen-bond donors (Lipinski definition) is 1. The number of amides is 1. The van der Waals surface area contributed by atoms with Crippen molar-refractivity contribution in [3.63, 3.8) is 0 Å². The van der Waals surface area contributed by atoms with Crippen LogP contribution in [0.15, 0.2) is 30.3 Å². The van der Waals surface area contributed by atoms with Crippen LogP contribution in [0.3, 0.4) is 0 Å². The fraction of sp³-hybridized carbons (Fsp3) is 0.650. The van der Waals surface area contributed by atoms with Crippen molar-refractivity contribution in [2.45, 2.75) is 70.7 Å². The first kappa shape index (κ1) is 17.3. The molecule has 3 rings (SSSR count). The van der Waals surface area contributed by atoms with Crippen molar-refractivity contribution in [2.24, 2.45) is 5.92 Å². The Balaban J connectivity index is 1.61. The van der Waals surface area contributed by atoms with Crippen LogP contribution in [0.5, 0.6) is 0 Å². The third-order valence-electron chi connectivity index (χ3n) is 5.10. The lowest BCUT2D eigenvalue weighted by Gasteiger charge is -2.32. The monoisotopic (exact) mass is 330 g/mol. The summed E-state index contributed by atoms with van der Waals surface area (Å²) in [6, 6.07) is 11.0. The molecule has 1 aliphatic carbocycles. The summed E-state index contributed by atoms with van der Waals surface area (Å²) in [5.74, 6) is 0.654. The molecule has 1 saturated heterocycles. The van der Waals surface area contributed by atoms with Crippen molar-refractivity contribution in [1.82, 2.24) is 10.2 Å². The standard InChI is InChI=1S/C20H30N2O2/c1-20(2,3)24-19(23)22-17(12-16-10-7-11-18(16)22)14-21-13-15-8-5-4-6-9-15/h4-6,8-9,16-18,21H,7,10-14H2,1-3H3/t16-,17-,18-/m0/s1. The predicted molar refractivity (Wildman–Crippen MR) is 95.8 cm³/mol. The van der Waals surface area contributed by atoms with Crippen LogP contribution in [0.1, 0.15) is 52.0 Å². The Labute approximate surface area is 145 Å². The molecule has 24 heavy (non-hydrogen) atoms. The molecule has 0 aromatic heterocycles. The molecule has 4 heteroatoms. The summed E-state index contributed by atoms with van der Waals surface area (Å²) in [5.41, 5.74) is 0.843. The highest BCUT2D eigenvalue weighted by Gasteiger charge is 2.46. The number of carbonyl (C=O) groups is 1. The van der Waals surface area contributed by atoms with E-state index in [0.717, 1.165) is 25.9 Å². The van der Waals surface area contributed by atoms with Gasteiger partial charge in [0.2, 0.25) is 0 Å². The van der Waals surface area contributed by atoms with Gasteiger partial charge in [-0.1, -0.05) is 36.8 Å². The van der Waals surface area contributed by atoms with E-state index < -0.39 is 5.60 Å². The Morgan fingerprint density at radius 1 is 1.25 bits per heavy atom. The lowest BCUT2D eigenvalue weighted by Crippen LogP contribution is -2.47.